The van der Waals surface area contributed by atoms with Gasteiger partial charge in [-0.25, -0.2) is 0 Å². The number of amides is 1. The second-order valence-electron chi connectivity index (χ2n) is 4.27. The van der Waals surface area contributed by atoms with E-state index in [9.17, 15) is 4.79 Å². The summed E-state index contributed by atoms with van der Waals surface area (Å²) in [6.07, 6.45) is 2.38. The number of amidine groups is 1. The molecule has 0 spiro atoms. The minimum absolute atomic E-state index is 0.0854. The van der Waals surface area contributed by atoms with Gasteiger partial charge < -0.3 is 10.2 Å². The van der Waals surface area contributed by atoms with Crippen molar-refractivity contribution in [3.8, 4) is 0 Å². The molecule has 1 aliphatic rings. The first-order chi connectivity index (χ1) is 7.54. The lowest BCUT2D eigenvalue weighted by molar-refractivity contribution is -0.130. The Morgan fingerprint density at radius 3 is 2.94 bits per heavy atom. The van der Waals surface area contributed by atoms with E-state index in [1.165, 1.54) is 12.8 Å². The fraction of sp³-hybridized carbons (Fsp3) is 0.818. The van der Waals surface area contributed by atoms with Gasteiger partial charge >= 0.3 is 0 Å². The Hall–Kier alpha value is -0.710. The minimum Gasteiger partial charge on any atom is -0.353 e. The summed E-state index contributed by atoms with van der Waals surface area (Å²) in [5.74, 6) is 0.0854. The molecule has 2 atom stereocenters. The van der Waals surface area contributed by atoms with Crippen molar-refractivity contribution in [1.82, 2.24) is 10.2 Å². The zero-order valence-electron chi connectivity index (χ0n) is 10.5. The largest absolute Gasteiger partial charge is 0.353 e. The molecule has 92 valence electrons. The molecular weight excluding hydrogens is 222 g/mol. The molecule has 0 aromatic rings. The molecule has 1 N–H and O–H groups in total. The van der Waals surface area contributed by atoms with Crippen molar-refractivity contribution in [2.24, 2.45) is 4.99 Å². The van der Waals surface area contributed by atoms with Gasteiger partial charge in [-0.05, 0) is 13.3 Å². The molecule has 0 saturated carbocycles. The van der Waals surface area contributed by atoms with Gasteiger partial charge in [-0.3, -0.25) is 9.79 Å². The van der Waals surface area contributed by atoms with Crippen LogP contribution in [0.25, 0.3) is 0 Å². The number of hydrogen-bond donors (Lipinski definition) is 1. The summed E-state index contributed by atoms with van der Waals surface area (Å²) < 4.78 is 0. The van der Waals surface area contributed by atoms with Crippen LogP contribution in [0.4, 0.5) is 0 Å². The van der Waals surface area contributed by atoms with Crippen LogP contribution in [0.1, 0.15) is 26.7 Å². The molecule has 1 heterocycles. The monoisotopic (exact) mass is 243 g/mol. The van der Waals surface area contributed by atoms with Crippen molar-refractivity contribution in [3.05, 3.63) is 0 Å². The van der Waals surface area contributed by atoms with E-state index in [4.69, 9.17) is 0 Å². The number of thioether (sulfide) groups is 1. The van der Waals surface area contributed by atoms with Crippen molar-refractivity contribution in [1.29, 1.82) is 0 Å². The van der Waals surface area contributed by atoms with E-state index in [1.54, 1.807) is 30.8 Å². The number of rotatable bonds is 4. The molecule has 16 heavy (non-hydrogen) atoms. The van der Waals surface area contributed by atoms with Crippen molar-refractivity contribution < 1.29 is 4.79 Å². The maximum Gasteiger partial charge on any atom is 0.244 e. The molecule has 0 fully saturated rings. The van der Waals surface area contributed by atoms with Gasteiger partial charge in [0.25, 0.3) is 0 Å². The maximum atomic E-state index is 11.6. The molecule has 0 radical (unpaired) electrons. The lowest BCUT2D eigenvalue weighted by Crippen LogP contribution is -2.43. The number of hydrogen-bond acceptors (Lipinski definition) is 4. The fourth-order valence-corrected chi connectivity index (χ4v) is 2.82. The van der Waals surface area contributed by atoms with Crippen LogP contribution >= 0.6 is 11.8 Å². The van der Waals surface area contributed by atoms with Gasteiger partial charge in [0.15, 0.2) is 5.17 Å². The summed E-state index contributed by atoms with van der Waals surface area (Å²) in [6, 6.07) is -0.193. The van der Waals surface area contributed by atoms with Crippen molar-refractivity contribution in [2.45, 2.75) is 38.0 Å². The Labute approximate surface area is 102 Å². The molecule has 0 aliphatic carbocycles. The van der Waals surface area contributed by atoms with Crippen LogP contribution in [0.2, 0.25) is 0 Å². The predicted octanol–water partition coefficient (Wildman–Crippen LogP) is 1.32. The molecule has 4 nitrogen and oxygen atoms in total. The molecule has 0 bridgehead atoms. The zero-order chi connectivity index (χ0) is 12.1. The number of aliphatic imine (C=N–C) groups is 1. The van der Waals surface area contributed by atoms with Gasteiger partial charge in [-0.15, -0.1) is 0 Å². The quantitative estimate of drug-likeness (QED) is 0.810. The first kappa shape index (κ1) is 13.4. The highest BCUT2D eigenvalue weighted by atomic mass is 32.2. The summed E-state index contributed by atoms with van der Waals surface area (Å²) in [5, 5.41) is 4.68. The predicted molar refractivity (Wildman–Crippen MR) is 69.9 cm³/mol. The Balaban J connectivity index is 2.36. The maximum absolute atomic E-state index is 11.6. The average molecular weight is 243 g/mol. The third-order valence-electron chi connectivity index (χ3n) is 2.48. The number of nitrogens with one attached hydrogen (secondary N) is 1. The Morgan fingerprint density at radius 2 is 2.38 bits per heavy atom. The Morgan fingerprint density at radius 1 is 1.69 bits per heavy atom. The second kappa shape index (κ2) is 6.13. The molecule has 0 saturated heterocycles. The van der Waals surface area contributed by atoms with E-state index < -0.39 is 0 Å². The van der Waals surface area contributed by atoms with E-state index in [2.05, 4.69) is 17.2 Å². The summed E-state index contributed by atoms with van der Waals surface area (Å²) in [5.41, 5.74) is 0. The van der Waals surface area contributed by atoms with Crippen molar-refractivity contribution in [3.63, 3.8) is 0 Å². The standard InChI is InChI=1S/C11H21N3OS/c1-5-6-9-7-12-11(16-9)13-8(2)10(15)14(3)4/h8-9H,5-7H2,1-4H3,(H,12,13). The number of carbonyl (C=O) groups excluding carboxylic acids is 1. The summed E-state index contributed by atoms with van der Waals surface area (Å²) in [6.45, 7) is 4.94. The normalized spacial score (nSPS) is 21.5. The van der Waals surface area contributed by atoms with Crippen LogP contribution in [0.15, 0.2) is 4.99 Å². The minimum atomic E-state index is -0.193. The fourth-order valence-electron chi connectivity index (χ4n) is 1.60. The van der Waals surface area contributed by atoms with E-state index in [0.29, 0.717) is 5.25 Å². The van der Waals surface area contributed by atoms with E-state index in [0.717, 1.165) is 11.7 Å². The molecule has 1 aliphatic heterocycles. The zero-order valence-corrected chi connectivity index (χ0v) is 11.3. The molecule has 1 amide bonds. The van der Waals surface area contributed by atoms with Gasteiger partial charge in [-0.1, -0.05) is 25.1 Å². The molecule has 1 rings (SSSR count). The second-order valence-corrected chi connectivity index (χ2v) is 5.56. The van der Waals surface area contributed by atoms with Crippen LogP contribution in [0.5, 0.6) is 0 Å². The van der Waals surface area contributed by atoms with Crippen molar-refractivity contribution >= 4 is 22.8 Å². The molecule has 0 aromatic carbocycles. The molecule has 2 unspecified atom stereocenters. The molecule has 0 aromatic heterocycles. The summed E-state index contributed by atoms with van der Waals surface area (Å²) in [7, 11) is 3.54. The smallest absolute Gasteiger partial charge is 0.244 e. The average Bonchev–Trinajstić information content (AvgIpc) is 2.65. The van der Waals surface area contributed by atoms with Crippen LogP contribution in [-0.2, 0) is 4.79 Å². The Bertz CT molecular complexity index is 278. The summed E-state index contributed by atoms with van der Waals surface area (Å²) >= 11 is 1.76. The number of carbonyl (C=O) groups is 1. The van der Waals surface area contributed by atoms with Crippen molar-refractivity contribution in [2.75, 3.05) is 20.6 Å². The highest BCUT2D eigenvalue weighted by Crippen LogP contribution is 2.23. The van der Waals surface area contributed by atoms with Gasteiger partial charge in [0, 0.05) is 19.3 Å². The highest BCUT2D eigenvalue weighted by molar-refractivity contribution is 8.14. The van der Waals surface area contributed by atoms with Crippen LogP contribution < -0.4 is 5.32 Å². The van der Waals surface area contributed by atoms with Gasteiger partial charge in [0.1, 0.15) is 6.04 Å². The Kier molecular flexibility index (Phi) is 5.12. The SMILES string of the molecule is CCCC1CN=C(NC(C)C(=O)N(C)C)S1. The number of nitrogens with zero attached hydrogens (tertiary/aromatic N) is 2. The first-order valence-corrected chi connectivity index (χ1v) is 6.61. The van der Waals surface area contributed by atoms with E-state index >= 15 is 0 Å². The van der Waals surface area contributed by atoms with E-state index in [-0.39, 0.29) is 11.9 Å². The topological polar surface area (TPSA) is 44.7 Å². The summed E-state index contributed by atoms with van der Waals surface area (Å²) in [4.78, 5) is 17.7. The van der Waals surface area contributed by atoms with Gasteiger partial charge in [-0.2, -0.15) is 0 Å². The van der Waals surface area contributed by atoms with Gasteiger partial charge in [0.2, 0.25) is 5.91 Å². The van der Waals surface area contributed by atoms with E-state index in [1.807, 2.05) is 6.92 Å². The lowest BCUT2D eigenvalue weighted by atomic mass is 10.2. The lowest BCUT2D eigenvalue weighted by Gasteiger charge is -2.18. The third kappa shape index (κ3) is 3.70. The molecular formula is C11H21N3OS. The van der Waals surface area contributed by atoms with Crippen LogP contribution in [0.3, 0.4) is 0 Å². The highest BCUT2D eigenvalue weighted by Gasteiger charge is 2.22. The first-order valence-electron chi connectivity index (χ1n) is 5.73. The third-order valence-corrected chi connectivity index (χ3v) is 3.67. The van der Waals surface area contributed by atoms with Crippen LogP contribution in [0, 0.1) is 0 Å². The van der Waals surface area contributed by atoms with Crippen LogP contribution in [-0.4, -0.2) is 47.9 Å². The molecule has 5 heteroatoms. The van der Waals surface area contributed by atoms with Gasteiger partial charge in [0.05, 0.1) is 6.54 Å². The number of likely N-dealkylation sites (N-methyl/N-ethyl adjacent to an activating group) is 1.